The van der Waals surface area contributed by atoms with E-state index in [9.17, 15) is 4.79 Å². The highest BCUT2D eigenvalue weighted by Gasteiger charge is 2.14. The molecule has 0 unspecified atom stereocenters. The van der Waals surface area contributed by atoms with Gasteiger partial charge in [0.15, 0.2) is 5.65 Å². The van der Waals surface area contributed by atoms with Crippen LogP contribution in [0.15, 0.2) is 60.3 Å². The van der Waals surface area contributed by atoms with Crippen molar-refractivity contribution >= 4 is 28.7 Å². The molecule has 142 valence electrons. The smallest absolute Gasteiger partial charge is 0.233 e. The second-order valence-electron chi connectivity index (χ2n) is 6.35. The molecule has 0 saturated heterocycles. The molecule has 0 radical (unpaired) electrons. The number of carbonyl (C=O) groups excluding carboxylic acids is 1. The van der Waals surface area contributed by atoms with Crippen LogP contribution < -0.4 is 0 Å². The summed E-state index contributed by atoms with van der Waals surface area (Å²) in [5.74, 6) is 0.317. The molecule has 3 heterocycles. The molecule has 0 aliphatic carbocycles. The fourth-order valence-electron chi connectivity index (χ4n) is 2.82. The van der Waals surface area contributed by atoms with E-state index >= 15 is 0 Å². The van der Waals surface area contributed by atoms with E-state index in [1.165, 1.54) is 18.1 Å². The molecule has 0 spiro atoms. The summed E-state index contributed by atoms with van der Waals surface area (Å²) in [7, 11) is 3.63. The van der Waals surface area contributed by atoms with Gasteiger partial charge in [-0.3, -0.25) is 9.48 Å². The van der Waals surface area contributed by atoms with Crippen LogP contribution >= 0.6 is 11.8 Å². The van der Waals surface area contributed by atoms with E-state index in [0.717, 1.165) is 27.3 Å². The van der Waals surface area contributed by atoms with Gasteiger partial charge in [-0.15, -0.1) is 0 Å². The molecule has 28 heavy (non-hydrogen) atoms. The van der Waals surface area contributed by atoms with Crippen molar-refractivity contribution in [2.24, 2.45) is 7.05 Å². The van der Waals surface area contributed by atoms with Crippen molar-refractivity contribution in [1.82, 2.24) is 34.4 Å². The normalized spacial score (nSPS) is 11.1. The van der Waals surface area contributed by atoms with Gasteiger partial charge in [-0.05, 0) is 12.1 Å². The zero-order valence-electron chi connectivity index (χ0n) is 15.6. The first-order valence-corrected chi connectivity index (χ1v) is 9.69. The van der Waals surface area contributed by atoms with Crippen LogP contribution in [0.3, 0.4) is 0 Å². The van der Waals surface area contributed by atoms with Gasteiger partial charge in [0.1, 0.15) is 11.4 Å². The van der Waals surface area contributed by atoms with Gasteiger partial charge in [-0.1, -0.05) is 30.0 Å². The van der Waals surface area contributed by atoms with Crippen molar-refractivity contribution in [2.75, 3.05) is 12.8 Å². The molecule has 0 bridgehead atoms. The third kappa shape index (κ3) is 3.74. The molecule has 0 atom stereocenters. The van der Waals surface area contributed by atoms with Crippen molar-refractivity contribution < 1.29 is 4.79 Å². The maximum atomic E-state index is 12.6. The van der Waals surface area contributed by atoms with Crippen molar-refractivity contribution in [3.8, 4) is 5.69 Å². The zero-order chi connectivity index (χ0) is 19.5. The molecule has 8 nitrogen and oxygen atoms in total. The first kappa shape index (κ1) is 18.2. The molecule has 3 aromatic heterocycles. The topological polar surface area (TPSA) is 81.7 Å². The number of aromatic nitrogens is 6. The van der Waals surface area contributed by atoms with Crippen LogP contribution in [0, 0.1) is 0 Å². The number of amides is 1. The van der Waals surface area contributed by atoms with Crippen LogP contribution in [0.25, 0.3) is 16.7 Å². The highest BCUT2D eigenvalue weighted by atomic mass is 32.2. The molecule has 0 aliphatic heterocycles. The van der Waals surface area contributed by atoms with Crippen LogP contribution in [-0.2, 0) is 18.4 Å². The number of nitrogens with zero attached hydrogens (tertiary/aromatic N) is 7. The Bertz CT molecular complexity index is 1110. The van der Waals surface area contributed by atoms with Crippen molar-refractivity contribution in [3.63, 3.8) is 0 Å². The Morgan fingerprint density at radius 2 is 1.96 bits per heavy atom. The Morgan fingerprint density at radius 1 is 1.14 bits per heavy atom. The van der Waals surface area contributed by atoms with Gasteiger partial charge >= 0.3 is 0 Å². The standard InChI is InChI=1S/C19H19N7OS/c1-24(10-14-8-23-26(11-14)15-6-4-3-5-7-15)17(27)12-28-19-16-9-22-25(2)18(16)20-13-21-19/h3-9,11,13H,10,12H2,1-2H3. The fourth-order valence-corrected chi connectivity index (χ4v) is 3.72. The van der Waals surface area contributed by atoms with Gasteiger partial charge < -0.3 is 4.90 Å². The van der Waals surface area contributed by atoms with Crippen LogP contribution in [0.4, 0.5) is 0 Å². The predicted octanol–water partition coefficient (Wildman–Crippen LogP) is 2.30. The van der Waals surface area contributed by atoms with E-state index in [-0.39, 0.29) is 5.91 Å². The quantitative estimate of drug-likeness (QED) is 0.369. The van der Waals surface area contributed by atoms with E-state index in [2.05, 4.69) is 20.2 Å². The van der Waals surface area contributed by atoms with Crippen LogP contribution in [0.5, 0.6) is 0 Å². The van der Waals surface area contributed by atoms with Crippen molar-refractivity contribution in [1.29, 1.82) is 0 Å². The lowest BCUT2D eigenvalue weighted by Crippen LogP contribution is -2.27. The second-order valence-corrected chi connectivity index (χ2v) is 7.32. The van der Waals surface area contributed by atoms with E-state index in [4.69, 9.17) is 0 Å². The summed E-state index contributed by atoms with van der Waals surface area (Å²) in [4.78, 5) is 22.8. The first-order chi connectivity index (χ1) is 13.6. The number of para-hydroxylation sites is 1. The van der Waals surface area contributed by atoms with Crippen LogP contribution in [-0.4, -0.2) is 53.1 Å². The molecule has 0 fully saturated rings. The second kappa shape index (κ2) is 7.81. The van der Waals surface area contributed by atoms with Gasteiger partial charge in [0, 0.05) is 32.4 Å². The molecule has 0 N–H and O–H groups in total. The molecular weight excluding hydrogens is 374 g/mol. The van der Waals surface area contributed by atoms with Gasteiger partial charge in [0.05, 0.1) is 29.2 Å². The van der Waals surface area contributed by atoms with Crippen LogP contribution in [0.2, 0.25) is 0 Å². The lowest BCUT2D eigenvalue weighted by Gasteiger charge is -2.15. The highest BCUT2D eigenvalue weighted by molar-refractivity contribution is 8.00. The lowest BCUT2D eigenvalue weighted by molar-refractivity contribution is -0.127. The number of carbonyl (C=O) groups is 1. The number of benzene rings is 1. The van der Waals surface area contributed by atoms with E-state index in [1.807, 2.05) is 48.3 Å². The highest BCUT2D eigenvalue weighted by Crippen LogP contribution is 2.24. The molecule has 9 heteroatoms. The Balaban J connectivity index is 1.38. The molecule has 0 saturated carbocycles. The fraction of sp³-hybridized carbons (Fsp3) is 0.211. The molecule has 4 rings (SSSR count). The maximum Gasteiger partial charge on any atom is 0.233 e. The van der Waals surface area contributed by atoms with E-state index < -0.39 is 0 Å². The summed E-state index contributed by atoms with van der Waals surface area (Å²) in [6.07, 6.45) is 6.95. The summed E-state index contributed by atoms with van der Waals surface area (Å²) in [5, 5.41) is 10.2. The summed E-state index contributed by atoms with van der Waals surface area (Å²) in [6, 6.07) is 9.88. The molecular formula is C19H19N7OS. The van der Waals surface area contributed by atoms with Crippen molar-refractivity contribution in [2.45, 2.75) is 11.6 Å². The summed E-state index contributed by atoms with van der Waals surface area (Å²) < 4.78 is 3.50. The number of aryl methyl sites for hydroxylation is 1. The number of hydrogen-bond donors (Lipinski definition) is 0. The Morgan fingerprint density at radius 3 is 2.79 bits per heavy atom. The summed E-state index contributed by atoms with van der Waals surface area (Å²) in [6.45, 7) is 0.498. The van der Waals surface area contributed by atoms with E-state index in [1.54, 1.807) is 29.0 Å². The van der Waals surface area contributed by atoms with Crippen molar-refractivity contribution in [3.05, 3.63) is 60.8 Å². The first-order valence-electron chi connectivity index (χ1n) is 8.70. The van der Waals surface area contributed by atoms with Gasteiger partial charge in [0.25, 0.3) is 0 Å². The van der Waals surface area contributed by atoms with Gasteiger partial charge in [0.2, 0.25) is 5.91 Å². The minimum Gasteiger partial charge on any atom is -0.341 e. The van der Waals surface area contributed by atoms with E-state index in [0.29, 0.717) is 12.3 Å². The number of rotatable bonds is 6. The Labute approximate surface area is 166 Å². The minimum atomic E-state index is 0.0214. The summed E-state index contributed by atoms with van der Waals surface area (Å²) in [5.41, 5.74) is 2.72. The summed E-state index contributed by atoms with van der Waals surface area (Å²) >= 11 is 1.40. The monoisotopic (exact) mass is 393 g/mol. The Hall–Kier alpha value is -3.20. The minimum absolute atomic E-state index is 0.0214. The third-order valence-electron chi connectivity index (χ3n) is 4.33. The average Bonchev–Trinajstić information content (AvgIpc) is 3.34. The predicted molar refractivity (Wildman–Crippen MR) is 107 cm³/mol. The number of fused-ring (bicyclic) bond motifs is 1. The number of hydrogen-bond acceptors (Lipinski definition) is 6. The third-order valence-corrected chi connectivity index (χ3v) is 5.32. The zero-order valence-corrected chi connectivity index (χ0v) is 16.4. The molecule has 0 aliphatic rings. The molecule has 1 aromatic carbocycles. The molecule has 1 amide bonds. The SMILES string of the molecule is CN(Cc1cnn(-c2ccccc2)c1)C(=O)CSc1ncnc2c1cnn2C. The lowest BCUT2D eigenvalue weighted by atomic mass is 10.3. The molecule has 4 aromatic rings. The number of thioether (sulfide) groups is 1. The van der Waals surface area contributed by atoms with Gasteiger partial charge in [-0.25, -0.2) is 14.6 Å². The van der Waals surface area contributed by atoms with Gasteiger partial charge in [-0.2, -0.15) is 10.2 Å². The maximum absolute atomic E-state index is 12.6. The Kier molecular flexibility index (Phi) is 5.07. The van der Waals surface area contributed by atoms with Crippen LogP contribution in [0.1, 0.15) is 5.56 Å². The largest absolute Gasteiger partial charge is 0.341 e. The average molecular weight is 393 g/mol.